The summed E-state index contributed by atoms with van der Waals surface area (Å²) in [4.78, 5) is 0. The van der Waals surface area contributed by atoms with Crippen molar-refractivity contribution in [2.24, 2.45) is 22.1 Å². The smallest absolute Gasteiger partial charge is 0.156 e. The van der Waals surface area contributed by atoms with Crippen LogP contribution in [0.5, 0.6) is 0 Å². The van der Waals surface area contributed by atoms with Gasteiger partial charge in [0.1, 0.15) is 0 Å². The Hall–Kier alpha value is -2.32. The lowest BCUT2D eigenvalue weighted by molar-refractivity contribution is 0.194. The van der Waals surface area contributed by atoms with Crippen LogP contribution in [-0.2, 0) is 12.8 Å². The number of rotatable bonds is 8. The van der Waals surface area contributed by atoms with E-state index in [1.54, 1.807) is 0 Å². The average molecular weight is 761 g/mol. The normalized spacial score (nSPS) is 27.2. The summed E-state index contributed by atoms with van der Waals surface area (Å²) in [5.74, 6) is 0.433. The summed E-state index contributed by atoms with van der Waals surface area (Å²) in [6.07, 6.45) is 14.3. The minimum absolute atomic E-state index is 0.217. The van der Waals surface area contributed by atoms with Crippen LogP contribution in [0.4, 0.5) is 8.78 Å². The molecule has 0 unspecified atom stereocenters. The third kappa shape index (κ3) is 7.53. The second kappa shape index (κ2) is 15.3. The lowest BCUT2D eigenvalue weighted by atomic mass is 9.69. The highest BCUT2D eigenvalue weighted by Crippen LogP contribution is 2.48. The Labute approximate surface area is 289 Å². The quantitative estimate of drug-likeness (QED) is 0.160. The zero-order valence-corrected chi connectivity index (χ0v) is 30.1. The molecular formula is C38H46Br2F2N2O2. The van der Waals surface area contributed by atoms with Crippen LogP contribution in [0.15, 0.2) is 67.8 Å². The Morgan fingerprint density at radius 2 is 1.15 bits per heavy atom. The first-order valence-corrected chi connectivity index (χ1v) is 18.5. The third-order valence-corrected chi connectivity index (χ3v) is 11.4. The maximum atomic E-state index is 15.4. The number of aryl methyl sites for hydroxylation is 2. The molecule has 0 heterocycles. The Morgan fingerprint density at radius 1 is 0.739 bits per heavy atom. The highest BCUT2D eigenvalue weighted by Gasteiger charge is 2.44. The Morgan fingerprint density at radius 3 is 1.52 bits per heavy atom. The molecule has 46 heavy (non-hydrogen) atoms. The van der Waals surface area contributed by atoms with Crippen LogP contribution in [0, 0.1) is 11.8 Å². The molecule has 0 fully saturated rings. The van der Waals surface area contributed by atoms with Crippen molar-refractivity contribution in [3.8, 4) is 0 Å². The van der Waals surface area contributed by atoms with Gasteiger partial charge in [-0.1, -0.05) is 93.1 Å². The maximum absolute atomic E-state index is 15.4. The highest BCUT2D eigenvalue weighted by atomic mass is 79.9. The van der Waals surface area contributed by atoms with Crippen LogP contribution in [0.1, 0.15) is 113 Å². The molecule has 0 aliphatic heterocycles. The maximum Gasteiger partial charge on any atom is 0.156 e. The van der Waals surface area contributed by atoms with Crippen molar-refractivity contribution in [3.05, 3.63) is 79.7 Å². The molecule has 0 spiro atoms. The van der Waals surface area contributed by atoms with Crippen LogP contribution in [-0.4, -0.2) is 33.2 Å². The summed E-state index contributed by atoms with van der Waals surface area (Å²) >= 11 is 7.08. The molecule has 6 rings (SSSR count). The van der Waals surface area contributed by atoms with E-state index in [-0.39, 0.29) is 11.8 Å². The fourth-order valence-corrected chi connectivity index (χ4v) is 8.56. The minimum atomic E-state index is -1.48. The molecule has 2 aromatic rings. The number of nitrogens with zero attached hydrogens (tertiary/aromatic N) is 2. The fraction of sp³-hybridized carbons (Fsp3) is 0.526. The van der Waals surface area contributed by atoms with E-state index >= 15 is 8.78 Å². The lowest BCUT2D eigenvalue weighted by Gasteiger charge is -2.38. The fourth-order valence-electron chi connectivity index (χ4n) is 7.84. The Kier molecular flexibility index (Phi) is 11.6. The van der Waals surface area contributed by atoms with Gasteiger partial charge in [0.25, 0.3) is 0 Å². The summed E-state index contributed by atoms with van der Waals surface area (Å²) in [5.41, 5.74) is 5.45. The second-order valence-corrected chi connectivity index (χ2v) is 15.3. The third-order valence-electron chi connectivity index (χ3n) is 10.4. The summed E-state index contributed by atoms with van der Waals surface area (Å²) < 4.78 is 33.0. The second-order valence-electron chi connectivity index (χ2n) is 13.4. The van der Waals surface area contributed by atoms with Gasteiger partial charge < -0.3 is 10.4 Å². The molecule has 4 nitrogen and oxygen atoms in total. The zero-order valence-electron chi connectivity index (χ0n) is 27.0. The van der Waals surface area contributed by atoms with E-state index in [4.69, 9.17) is 0 Å². The van der Waals surface area contributed by atoms with Gasteiger partial charge in [-0.15, -0.1) is 0 Å². The van der Waals surface area contributed by atoms with Gasteiger partial charge in [-0.3, -0.25) is 0 Å². The number of hydrogen-bond acceptors (Lipinski definition) is 4. The number of benzene rings is 2. The predicted molar refractivity (Wildman–Crippen MR) is 191 cm³/mol. The molecule has 2 aromatic carbocycles. The van der Waals surface area contributed by atoms with E-state index in [1.165, 1.54) is 33.4 Å². The van der Waals surface area contributed by atoms with E-state index in [9.17, 15) is 10.4 Å². The van der Waals surface area contributed by atoms with Crippen molar-refractivity contribution >= 4 is 54.4 Å². The zero-order chi connectivity index (χ0) is 32.9. The standard InChI is InChI=1S/2C19H23BrFNO/c2*1-2-3-4-18(22-23)19(21)10-9-16-14(12-19)6-5-13-7-8-15(20)11-17(13)16/h2*7-9,11,14,23H,2-6,10,12H2,1H3/b2*22-18+/t2*14-,19+/m00/s1. The van der Waals surface area contributed by atoms with E-state index < -0.39 is 11.3 Å². The van der Waals surface area contributed by atoms with Crippen molar-refractivity contribution in [3.63, 3.8) is 0 Å². The van der Waals surface area contributed by atoms with Crippen molar-refractivity contribution in [2.45, 2.75) is 115 Å². The molecule has 248 valence electrons. The molecule has 4 atom stereocenters. The van der Waals surface area contributed by atoms with Gasteiger partial charge in [0, 0.05) is 21.8 Å². The highest BCUT2D eigenvalue weighted by molar-refractivity contribution is 9.10. The van der Waals surface area contributed by atoms with Crippen LogP contribution in [0.2, 0.25) is 0 Å². The van der Waals surface area contributed by atoms with E-state index in [2.05, 4.69) is 92.4 Å². The monoisotopic (exact) mass is 758 g/mol. The number of allylic oxidation sites excluding steroid dienone is 4. The van der Waals surface area contributed by atoms with Gasteiger partial charge in [0.15, 0.2) is 11.3 Å². The van der Waals surface area contributed by atoms with Gasteiger partial charge in [0.05, 0.1) is 11.4 Å². The van der Waals surface area contributed by atoms with E-state index in [0.717, 1.165) is 60.3 Å². The minimum Gasteiger partial charge on any atom is -0.411 e. The van der Waals surface area contributed by atoms with E-state index in [1.807, 2.05) is 12.2 Å². The number of oxime groups is 2. The number of fused-ring (bicyclic) bond motifs is 6. The predicted octanol–water partition coefficient (Wildman–Crippen LogP) is 11.8. The molecule has 0 bridgehead atoms. The van der Waals surface area contributed by atoms with Gasteiger partial charge in [-0.25, -0.2) is 8.78 Å². The molecule has 0 amide bonds. The summed E-state index contributed by atoms with van der Waals surface area (Å²) in [5, 5.41) is 25.2. The lowest BCUT2D eigenvalue weighted by Crippen LogP contribution is -2.39. The van der Waals surface area contributed by atoms with Crippen molar-refractivity contribution in [1.82, 2.24) is 0 Å². The van der Waals surface area contributed by atoms with Crippen LogP contribution in [0.25, 0.3) is 11.1 Å². The van der Waals surface area contributed by atoms with Crippen LogP contribution in [0.3, 0.4) is 0 Å². The number of alkyl halides is 2. The van der Waals surface area contributed by atoms with Gasteiger partial charge in [0.2, 0.25) is 0 Å². The van der Waals surface area contributed by atoms with Gasteiger partial charge in [-0.2, -0.15) is 0 Å². The van der Waals surface area contributed by atoms with Crippen molar-refractivity contribution in [1.29, 1.82) is 0 Å². The van der Waals surface area contributed by atoms with Crippen molar-refractivity contribution < 1.29 is 19.2 Å². The van der Waals surface area contributed by atoms with Crippen LogP contribution < -0.4 is 0 Å². The molecular weight excluding hydrogens is 714 g/mol. The Bertz CT molecular complexity index is 1420. The van der Waals surface area contributed by atoms with Gasteiger partial charge >= 0.3 is 0 Å². The Balaban J connectivity index is 0.000000181. The largest absolute Gasteiger partial charge is 0.411 e. The molecule has 0 saturated carbocycles. The molecule has 8 heteroatoms. The number of unbranched alkanes of at least 4 members (excludes halogenated alkanes) is 2. The first-order chi connectivity index (χ1) is 22.1. The SMILES string of the molecule is CCCC/C(=N\O)[C@@]1(F)CC=C2c3cc(Br)ccc3CC[C@H]2C1.CCCC/C(=N\O)[C@@]1(F)CC=C2c3cc(Br)ccc3CC[C@H]2C1. The average Bonchev–Trinajstić information content (AvgIpc) is 3.05. The summed E-state index contributed by atoms with van der Waals surface area (Å²) in [6, 6.07) is 12.8. The molecule has 0 radical (unpaired) electrons. The molecule has 2 N–H and O–H groups in total. The topological polar surface area (TPSA) is 65.2 Å². The van der Waals surface area contributed by atoms with E-state index in [0.29, 0.717) is 49.9 Å². The van der Waals surface area contributed by atoms with Gasteiger partial charge in [-0.05, 0) is 134 Å². The van der Waals surface area contributed by atoms with Crippen LogP contribution >= 0.6 is 31.9 Å². The molecule has 0 saturated heterocycles. The first-order valence-electron chi connectivity index (χ1n) is 16.9. The number of hydrogen-bond donors (Lipinski definition) is 2. The molecule has 0 aromatic heterocycles. The first kappa shape index (κ1) is 35.0. The molecule has 4 aliphatic rings. The summed E-state index contributed by atoms with van der Waals surface area (Å²) in [6.45, 7) is 4.13. The summed E-state index contributed by atoms with van der Waals surface area (Å²) in [7, 11) is 0. The van der Waals surface area contributed by atoms with Crippen molar-refractivity contribution in [2.75, 3.05) is 0 Å². The number of halogens is 4. The molecule has 4 aliphatic carbocycles.